The first-order valence-corrected chi connectivity index (χ1v) is 15.3. The van der Waals surface area contributed by atoms with Crippen LogP contribution in [0.2, 0.25) is 0 Å². The molecule has 1 aliphatic carbocycles. The lowest BCUT2D eigenvalue weighted by atomic mass is 9.76. The van der Waals surface area contributed by atoms with Gasteiger partial charge < -0.3 is 20.7 Å². The summed E-state index contributed by atoms with van der Waals surface area (Å²) in [5.41, 5.74) is 9.80. The number of piperidine rings is 2. The molecule has 1 aromatic heterocycles. The molecule has 37 heavy (non-hydrogen) atoms. The molecule has 2 aromatic rings. The van der Waals surface area contributed by atoms with Crippen molar-refractivity contribution in [2.75, 3.05) is 26.2 Å². The summed E-state index contributed by atoms with van der Waals surface area (Å²) < 4.78 is 3.91. The van der Waals surface area contributed by atoms with Gasteiger partial charge >= 0.3 is 6.03 Å². The first-order chi connectivity index (χ1) is 17.7. The Labute approximate surface area is 242 Å². The third-order valence-corrected chi connectivity index (χ3v) is 9.87. The Morgan fingerprint density at radius 3 is 2.22 bits per heavy atom. The lowest BCUT2D eigenvalue weighted by molar-refractivity contribution is -0.616. The number of urea groups is 1. The maximum atomic E-state index is 13.3. The van der Waals surface area contributed by atoms with E-state index in [0.29, 0.717) is 38.5 Å². The molecule has 0 radical (unpaired) electrons. The molecule has 2 N–H and O–H groups in total. The predicted octanol–water partition coefficient (Wildman–Crippen LogP) is 5.26. The van der Waals surface area contributed by atoms with Crippen LogP contribution in [0.15, 0.2) is 37.8 Å². The fourth-order valence-electron chi connectivity index (χ4n) is 6.41. The monoisotopic (exact) mass is 696 g/mol. The van der Waals surface area contributed by atoms with Crippen LogP contribution in [-0.4, -0.2) is 47.9 Å². The van der Waals surface area contributed by atoms with Gasteiger partial charge in [-0.3, -0.25) is 4.79 Å². The fraction of sp³-hybridized carbons (Fsp3) is 0.519. The molecule has 0 bridgehead atoms. The normalized spacial score (nSPS) is 20.8. The minimum atomic E-state index is -0.376. The highest BCUT2D eigenvalue weighted by molar-refractivity contribution is 9.11. The molecule has 7 nitrogen and oxygen atoms in total. The molecular weight excluding hydrogens is 668 g/mol. The van der Waals surface area contributed by atoms with Crippen molar-refractivity contribution < 1.29 is 14.3 Å². The van der Waals surface area contributed by atoms with Crippen LogP contribution in [0.25, 0.3) is 0 Å². The number of aryl methyl sites for hydroxylation is 2. The topological polar surface area (TPSA) is 93.6 Å². The van der Waals surface area contributed by atoms with Crippen molar-refractivity contribution in [3.05, 3.63) is 65.4 Å². The number of halogens is 3. The van der Waals surface area contributed by atoms with Gasteiger partial charge in [0, 0.05) is 47.1 Å². The van der Waals surface area contributed by atoms with E-state index in [-0.39, 0.29) is 23.8 Å². The van der Waals surface area contributed by atoms with Gasteiger partial charge in [0.25, 0.3) is 0 Å². The number of primary amides is 1. The highest BCUT2D eigenvalue weighted by Crippen LogP contribution is 2.46. The first kappa shape index (κ1) is 26.9. The molecule has 0 spiro atoms. The minimum Gasteiger partial charge on any atom is -0.618 e. The molecule has 1 aromatic carbocycles. The Morgan fingerprint density at radius 2 is 1.54 bits per heavy atom. The smallest absolute Gasteiger partial charge is 0.314 e. The SMILES string of the molecule is NC(=O)N1CCC(CC(=O)N2CCC([C@@H]3c4c(Br)cc(Br)cc4CCc4cc(Br)c[n+]([O-])c43)CC2)CC1. The minimum absolute atomic E-state index is 0.0315. The second-order valence-electron chi connectivity index (χ2n) is 10.5. The number of likely N-dealkylation sites (tertiary alicyclic amines) is 2. The van der Waals surface area contributed by atoms with Crippen molar-refractivity contribution >= 4 is 59.7 Å². The zero-order valence-electron chi connectivity index (χ0n) is 20.6. The number of carbonyl (C=O) groups excluding carboxylic acids is 2. The number of nitrogens with zero attached hydrogens (tertiary/aromatic N) is 3. The van der Waals surface area contributed by atoms with E-state index in [4.69, 9.17) is 5.73 Å². The Hall–Kier alpha value is -1.65. The summed E-state index contributed by atoms with van der Waals surface area (Å²) in [4.78, 5) is 28.2. The van der Waals surface area contributed by atoms with E-state index in [0.717, 1.165) is 67.9 Å². The molecule has 10 heteroatoms. The number of aromatic nitrogens is 1. The van der Waals surface area contributed by atoms with Crippen LogP contribution in [0.4, 0.5) is 4.79 Å². The number of pyridine rings is 1. The van der Waals surface area contributed by atoms with E-state index in [2.05, 4.69) is 66.0 Å². The molecule has 198 valence electrons. The molecule has 2 saturated heterocycles. The molecule has 3 heterocycles. The van der Waals surface area contributed by atoms with Gasteiger partial charge in [-0.15, -0.1) is 0 Å². The molecule has 0 saturated carbocycles. The summed E-state index contributed by atoms with van der Waals surface area (Å²) in [6, 6.07) is 5.98. The van der Waals surface area contributed by atoms with Gasteiger partial charge in [0.15, 0.2) is 6.20 Å². The molecule has 1 atom stereocenters. The number of rotatable bonds is 3. The summed E-state index contributed by atoms with van der Waals surface area (Å²) in [6.07, 6.45) is 7.19. The summed E-state index contributed by atoms with van der Waals surface area (Å²) in [6.45, 7) is 2.67. The van der Waals surface area contributed by atoms with Crippen LogP contribution in [0.3, 0.4) is 0 Å². The van der Waals surface area contributed by atoms with E-state index >= 15 is 0 Å². The van der Waals surface area contributed by atoms with Crippen molar-refractivity contribution in [3.63, 3.8) is 0 Å². The number of hydrogen-bond acceptors (Lipinski definition) is 3. The standard InChI is InChI=1S/C27H31Br3N4O3/c28-20-12-18-1-2-19-13-21(29)15-34(37)26(19)25(24(18)22(30)14-20)17-5-9-32(10-6-17)23(35)11-16-3-7-33(8-4-16)27(31)36/h12-17,25H,1-11H2,(H2,31,36)/t25-/m1/s1. The predicted molar refractivity (Wildman–Crippen MR) is 152 cm³/mol. The molecule has 3 aliphatic rings. The zero-order valence-corrected chi connectivity index (χ0v) is 25.4. The van der Waals surface area contributed by atoms with Gasteiger partial charge in [0.2, 0.25) is 11.6 Å². The Bertz CT molecular complexity index is 1150. The first-order valence-electron chi connectivity index (χ1n) is 12.9. The van der Waals surface area contributed by atoms with Crippen molar-refractivity contribution in [3.8, 4) is 0 Å². The second kappa shape index (κ2) is 11.2. The van der Waals surface area contributed by atoms with Crippen molar-refractivity contribution in [2.24, 2.45) is 17.6 Å². The van der Waals surface area contributed by atoms with Gasteiger partial charge in [0.05, 0.1) is 10.4 Å². The third kappa shape index (κ3) is 5.71. The molecule has 2 fully saturated rings. The van der Waals surface area contributed by atoms with E-state index in [1.807, 2.05) is 4.90 Å². The van der Waals surface area contributed by atoms with Crippen molar-refractivity contribution in [1.82, 2.24) is 9.80 Å². The number of amides is 3. The van der Waals surface area contributed by atoms with E-state index < -0.39 is 0 Å². The lowest BCUT2D eigenvalue weighted by Gasteiger charge is -2.37. The van der Waals surface area contributed by atoms with Gasteiger partial charge in [0.1, 0.15) is 0 Å². The maximum absolute atomic E-state index is 13.3. The average Bonchev–Trinajstić information content (AvgIpc) is 3.02. The van der Waals surface area contributed by atoms with Crippen LogP contribution in [-0.2, 0) is 17.6 Å². The quantitative estimate of drug-likeness (QED) is 0.350. The largest absolute Gasteiger partial charge is 0.618 e. The number of fused-ring (bicyclic) bond motifs is 2. The third-order valence-electron chi connectivity index (χ3n) is 8.32. The van der Waals surface area contributed by atoms with Gasteiger partial charge in [-0.05, 0) is 95.6 Å². The van der Waals surface area contributed by atoms with E-state index in [1.165, 1.54) is 11.1 Å². The summed E-state index contributed by atoms with van der Waals surface area (Å²) >= 11 is 11.0. The Morgan fingerprint density at radius 1 is 0.919 bits per heavy atom. The van der Waals surface area contributed by atoms with Crippen LogP contribution in [0, 0.1) is 17.0 Å². The van der Waals surface area contributed by atoms with Crippen LogP contribution in [0.5, 0.6) is 0 Å². The molecule has 5 rings (SSSR count). The summed E-state index contributed by atoms with van der Waals surface area (Å²) in [5, 5.41) is 13.3. The van der Waals surface area contributed by atoms with Gasteiger partial charge in [-0.25, -0.2) is 4.79 Å². The number of hydrogen-bond donors (Lipinski definition) is 1. The van der Waals surface area contributed by atoms with E-state index in [9.17, 15) is 14.8 Å². The van der Waals surface area contributed by atoms with Crippen LogP contribution < -0.4 is 10.5 Å². The Balaban J connectivity index is 1.34. The highest BCUT2D eigenvalue weighted by atomic mass is 79.9. The Kier molecular flexibility index (Phi) is 8.17. The number of benzene rings is 1. The molecular formula is C27H31Br3N4O3. The average molecular weight is 699 g/mol. The summed E-state index contributed by atoms with van der Waals surface area (Å²) in [5.74, 6) is 0.729. The van der Waals surface area contributed by atoms with Crippen LogP contribution >= 0.6 is 47.8 Å². The number of carbonyl (C=O) groups is 2. The molecule has 3 amide bonds. The van der Waals surface area contributed by atoms with E-state index in [1.54, 1.807) is 11.1 Å². The lowest BCUT2D eigenvalue weighted by Crippen LogP contribution is -2.44. The van der Waals surface area contributed by atoms with Crippen LogP contribution in [0.1, 0.15) is 60.4 Å². The van der Waals surface area contributed by atoms with Crippen molar-refractivity contribution in [1.29, 1.82) is 0 Å². The fourth-order valence-corrected chi connectivity index (χ4v) is 8.43. The second-order valence-corrected chi connectivity index (χ2v) is 13.2. The van der Waals surface area contributed by atoms with Gasteiger partial charge in [-0.1, -0.05) is 31.9 Å². The maximum Gasteiger partial charge on any atom is 0.314 e. The molecule has 0 unspecified atom stereocenters. The zero-order chi connectivity index (χ0) is 26.3. The molecule has 2 aliphatic heterocycles. The van der Waals surface area contributed by atoms with Gasteiger partial charge in [-0.2, -0.15) is 4.73 Å². The number of nitrogens with two attached hydrogens (primary N) is 1. The summed E-state index contributed by atoms with van der Waals surface area (Å²) in [7, 11) is 0. The highest BCUT2D eigenvalue weighted by Gasteiger charge is 2.40. The van der Waals surface area contributed by atoms with Crippen molar-refractivity contribution in [2.45, 2.75) is 50.9 Å².